The Bertz CT molecular complexity index is 374. The maximum Gasteiger partial charge on any atom is 0.134 e. The number of rotatable bonds is 1. The van der Waals surface area contributed by atoms with Crippen molar-refractivity contribution in [1.82, 2.24) is 9.97 Å². The molecule has 1 aliphatic rings. The van der Waals surface area contributed by atoms with Crippen molar-refractivity contribution in [2.75, 3.05) is 29.5 Å². The van der Waals surface area contributed by atoms with Crippen molar-refractivity contribution in [2.45, 2.75) is 6.42 Å². The third-order valence-electron chi connectivity index (χ3n) is 2.33. The molecule has 6 heteroatoms. The lowest BCUT2D eigenvalue weighted by Gasteiger charge is -2.20. The fourth-order valence-electron chi connectivity index (χ4n) is 1.57. The maximum atomic E-state index is 11.4. The molecule has 0 radical (unpaired) electrons. The molecule has 1 aliphatic heterocycles. The molecule has 0 spiro atoms. The lowest BCUT2D eigenvalue weighted by molar-refractivity contribution is 0.683. The van der Waals surface area contributed by atoms with Crippen LogP contribution in [0, 0.1) is 0 Å². The van der Waals surface area contributed by atoms with Crippen molar-refractivity contribution in [1.29, 1.82) is 0 Å². The molecule has 2 rings (SSSR count). The molecule has 2 heterocycles. The highest BCUT2D eigenvalue weighted by Crippen LogP contribution is 2.15. The Kier molecular flexibility index (Phi) is 3.53. The molecular formula is C9H12ClN3OS. The lowest BCUT2D eigenvalue weighted by Crippen LogP contribution is -2.26. The summed E-state index contributed by atoms with van der Waals surface area (Å²) < 4.78 is 11.4. The molecule has 1 aromatic heterocycles. The molecule has 4 nitrogen and oxygen atoms in total. The van der Waals surface area contributed by atoms with Crippen molar-refractivity contribution in [3.63, 3.8) is 0 Å². The van der Waals surface area contributed by atoms with Gasteiger partial charge in [-0.2, -0.15) is 0 Å². The van der Waals surface area contributed by atoms with Gasteiger partial charge < -0.3 is 4.90 Å². The van der Waals surface area contributed by atoms with Crippen LogP contribution in [-0.4, -0.2) is 38.8 Å². The number of aromatic nitrogens is 2. The summed E-state index contributed by atoms with van der Waals surface area (Å²) in [6.07, 6.45) is 2.40. The van der Waals surface area contributed by atoms with Crippen LogP contribution < -0.4 is 4.90 Å². The SMILES string of the molecule is O=S1CCCN(c2cc(Cl)ncn2)CC1. The van der Waals surface area contributed by atoms with E-state index < -0.39 is 10.8 Å². The minimum atomic E-state index is -0.675. The van der Waals surface area contributed by atoms with E-state index in [9.17, 15) is 4.21 Å². The molecule has 0 amide bonds. The number of anilines is 1. The summed E-state index contributed by atoms with van der Waals surface area (Å²) in [6.45, 7) is 1.67. The Hall–Kier alpha value is -0.680. The van der Waals surface area contributed by atoms with Gasteiger partial charge in [0.2, 0.25) is 0 Å². The molecule has 82 valence electrons. The van der Waals surface area contributed by atoms with E-state index in [4.69, 9.17) is 11.6 Å². The third-order valence-corrected chi connectivity index (χ3v) is 3.92. The molecule has 1 atom stereocenters. The van der Waals surface area contributed by atoms with Gasteiger partial charge in [-0.15, -0.1) is 0 Å². The van der Waals surface area contributed by atoms with Crippen molar-refractivity contribution < 1.29 is 4.21 Å². The molecular weight excluding hydrogens is 234 g/mol. The first kappa shape index (κ1) is 10.8. The Morgan fingerprint density at radius 3 is 3.00 bits per heavy atom. The zero-order valence-corrected chi connectivity index (χ0v) is 9.80. The van der Waals surface area contributed by atoms with Gasteiger partial charge >= 0.3 is 0 Å². The predicted octanol–water partition coefficient (Wildman–Crippen LogP) is 1.09. The third kappa shape index (κ3) is 2.89. The summed E-state index contributed by atoms with van der Waals surface area (Å²) >= 11 is 5.80. The van der Waals surface area contributed by atoms with E-state index >= 15 is 0 Å². The normalized spacial score (nSPS) is 22.5. The monoisotopic (exact) mass is 245 g/mol. The fraction of sp³-hybridized carbons (Fsp3) is 0.556. The highest BCUT2D eigenvalue weighted by atomic mass is 35.5. The summed E-state index contributed by atoms with van der Waals surface area (Å²) in [7, 11) is -0.675. The molecule has 15 heavy (non-hydrogen) atoms. The molecule has 1 fully saturated rings. The topological polar surface area (TPSA) is 46.1 Å². The second kappa shape index (κ2) is 4.90. The van der Waals surface area contributed by atoms with Crippen molar-refractivity contribution in [3.05, 3.63) is 17.5 Å². The van der Waals surface area contributed by atoms with E-state index in [2.05, 4.69) is 14.9 Å². The van der Waals surface area contributed by atoms with Crippen LogP contribution in [0.4, 0.5) is 5.82 Å². The maximum absolute atomic E-state index is 11.4. The van der Waals surface area contributed by atoms with E-state index in [1.165, 1.54) is 6.33 Å². The summed E-state index contributed by atoms with van der Waals surface area (Å²) in [5.74, 6) is 2.32. The second-order valence-electron chi connectivity index (χ2n) is 3.39. The van der Waals surface area contributed by atoms with Crippen LogP contribution in [-0.2, 0) is 10.8 Å². The minimum absolute atomic E-state index is 0.449. The first-order valence-electron chi connectivity index (χ1n) is 4.83. The molecule has 0 saturated carbocycles. The smallest absolute Gasteiger partial charge is 0.134 e. The fourth-order valence-corrected chi connectivity index (χ4v) is 2.79. The average Bonchev–Trinajstić information content (AvgIpc) is 2.43. The summed E-state index contributed by atoms with van der Waals surface area (Å²) in [6, 6.07) is 1.75. The molecule has 0 N–H and O–H groups in total. The second-order valence-corrected chi connectivity index (χ2v) is 5.47. The highest BCUT2D eigenvalue weighted by molar-refractivity contribution is 7.85. The zero-order valence-electron chi connectivity index (χ0n) is 8.23. The van der Waals surface area contributed by atoms with E-state index in [-0.39, 0.29) is 0 Å². The van der Waals surface area contributed by atoms with Crippen LogP contribution in [0.15, 0.2) is 12.4 Å². The van der Waals surface area contributed by atoms with Crippen molar-refractivity contribution in [3.8, 4) is 0 Å². The minimum Gasteiger partial charge on any atom is -0.356 e. The molecule has 1 unspecified atom stereocenters. The van der Waals surface area contributed by atoms with Crippen LogP contribution >= 0.6 is 11.6 Å². The van der Waals surface area contributed by atoms with Gasteiger partial charge in [-0.3, -0.25) is 4.21 Å². The Balaban J connectivity index is 2.13. The highest BCUT2D eigenvalue weighted by Gasteiger charge is 2.14. The average molecular weight is 246 g/mol. The van der Waals surface area contributed by atoms with Gasteiger partial charge in [-0.1, -0.05) is 11.6 Å². The van der Waals surface area contributed by atoms with E-state index in [1.807, 2.05) is 0 Å². The van der Waals surface area contributed by atoms with Gasteiger partial charge in [0, 0.05) is 41.5 Å². The van der Waals surface area contributed by atoms with Crippen LogP contribution in [0.1, 0.15) is 6.42 Å². The molecule has 1 saturated heterocycles. The van der Waals surface area contributed by atoms with E-state index in [1.54, 1.807) is 6.07 Å². The van der Waals surface area contributed by atoms with Gasteiger partial charge in [0.1, 0.15) is 17.3 Å². The van der Waals surface area contributed by atoms with Crippen LogP contribution in [0.2, 0.25) is 5.15 Å². The van der Waals surface area contributed by atoms with Gasteiger partial charge in [0.15, 0.2) is 0 Å². The van der Waals surface area contributed by atoms with Crippen LogP contribution in [0.5, 0.6) is 0 Å². The number of hydrogen-bond acceptors (Lipinski definition) is 4. The zero-order chi connectivity index (χ0) is 10.7. The summed E-state index contributed by atoms with van der Waals surface area (Å²) in [5.41, 5.74) is 0. The lowest BCUT2D eigenvalue weighted by atomic mass is 10.4. The van der Waals surface area contributed by atoms with Gasteiger partial charge in [0.25, 0.3) is 0 Å². The number of halogens is 1. The molecule has 0 aromatic carbocycles. The van der Waals surface area contributed by atoms with Crippen LogP contribution in [0.25, 0.3) is 0 Å². The summed E-state index contributed by atoms with van der Waals surface area (Å²) in [5, 5.41) is 0.449. The molecule has 0 aliphatic carbocycles. The van der Waals surface area contributed by atoms with Gasteiger partial charge in [-0.25, -0.2) is 9.97 Å². The largest absolute Gasteiger partial charge is 0.356 e. The number of hydrogen-bond donors (Lipinski definition) is 0. The number of nitrogens with zero attached hydrogens (tertiary/aromatic N) is 3. The standard InChI is InChI=1S/C9H12ClN3OS/c10-8-6-9(12-7-11-8)13-2-1-4-15(14)5-3-13/h6-7H,1-5H2. The van der Waals surface area contributed by atoms with Gasteiger partial charge in [-0.05, 0) is 6.42 Å². The molecule has 1 aromatic rings. The van der Waals surface area contributed by atoms with Crippen molar-refractivity contribution >= 4 is 28.2 Å². The molecule has 0 bridgehead atoms. The first-order chi connectivity index (χ1) is 7.25. The van der Waals surface area contributed by atoms with E-state index in [0.717, 1.165) is 31.1 Å². The van der Waals surface area contributed by atoms with E-state index in [0.29, 0.717) is 10.9 Å². The van der Waals surface area contributed by atoms with Crippen molar-refractivity contribution in [2.24, 2.45) is 0 Å². The Morgan fingerprint density at radius 2 is 2.20 bits per heavy atom. The Morgan fingerprint density at radius 1 is 1.33 bits per heavy atom. The quantitative estimate of drug-likeness (QED) is 0.695. The predicted molar refractivity (Wildman–Crippen MR) is 61.7 cm³/mol. The van der Waals surface area contributed by atoms with Gasteiger partial charge in [0.05, 0.1) is 0 Å². The Labute approximate surface area is 96.1 Å². The van der Waals surface area contributed by atoms with Crippen LogP contribution in [0.3, 0.4) is 0 Å². The first-order valence-corrected chi connectivity index (χ1v) is 6.70. The summed E-state index contributed by atoms with van der Waals surface area (Å²) in [4.78, 5) is 10.1.